The van der Waals surface area contributed by atoms with Crippen molar-refractivity contribution in [1.82, 2.24) is 4.90 Å². The van der Waals surface area contributed by atoms with Gasteiger partial charge < -0.3 is 5.11 Å². The molecule has 1 saturated heterocycles. The minimum atomic E-state index is -0.622. The number of aliphatic hydroxyl groups is 1. The number of hydrogen-bond donors (Lipinski definition) is 1. The second-order valence-electron chi connectivity index (χ2n) is 6.49. The van der Waals surface area contributed by atoms with E-state index in [-0.39, 0.29) is 17.0 Å². The van der Waals surface area contributed by atoms with Crippen LogP contribution < -0.4 is 0 Å². The maximum Gasteiger partial charge on any atom is 0.145 e. The van der Waals surface area contributed by atoms with Gasteiger partial charge in [0.2, 0.25) is 0 Å². The quantitative estimate of drug-likeness (QED) is 0.907. The fraction of sp³-hybridized carbons (Fsp3) is 0.647. The van der Waals surface area contributed by atoms with Crippen molar-refractivity contribution in [3.63, 3.8) is 0 Å². The van der Waals surface area contributed by atoms with E-state index in [1.807, 2.05) is 13.8 Å². The van der Waals surface area contributed by atoms with E-state index in [2.05, 4.69) is 4.90 Å². The highest BCUT2D eigenvalue weighted by molar-refractivity contribution is 6.30. The first-order valence-electron chi connectivity index (χ1n) is 7.79. The van der Waals surface area contributed by atoms with Gasteiger partial charge in [0.05, 0.1) is 11.1 Å². The highest BCUT2D eigenvalue weighted by Crippen LogP contribution is 2.27. The fourth-order valence-corrected chi connectivity index (χ4v) is 3.22. The summed E-state index contributed by atoms with van der Waals surface area (Å²) in [5, 5.41) is 10.8. The Morgan fingerprint density at radius 1 is 1.24 bits per heavy atom. The van der Waals surface area contributed by atoms with Gasteiger partial charge in [-0.2, -0.15) is 0 Å². The van der Waals surface area contributed by atoms with Crippen LogP contribution >= 0.6 is 11.6 Å². The molecule has 1 N–H and O–H groups in total. The summed E-state index contributed by atoms with van der Waals surface area (Å²) in [5.41, 5.74) is 0.122. The summed E-state index contributed by atoms with van der Waals surface area (Å²) in [6, 6.07) is 4.96. The topological polar surface area (TPSA) is 23.5 Å². The number of aliphatic hydroxyl groups excluding tert-OH is 1. The van der Waals surface area contributed by atoms with Crippen LogP contribution in [0.5, 0.6) is 0 Å². The van der Waals surface area contributed by atoms with Crippen LogP contribution in [0.1, 0.15) is 45.1 Å². The largest absolute Gasteiger partial charge is 0.391 e. The Kier molecular flexibility index (Phi) is 5.64. The van der Waals surface area contributed by atoms with Gasteiger partial charge in [-0.1, -0.05) is 36.6 Å². The van der Waals surface area contributed by atoms with Crippen molar-refractivity contribution in [2.75, 3.05) is 13.1 Å². The second kappa shape index (κ2) is 7.08. The lowest BCUT2D eigenvalue weighted by molar-refractivity contribution is -0.00823. The molecule has 1 aliphatic rings. The highest BCUT2D eigenvalue weighted by Gasteiger charge is 2.34. The van der Waals surface area contributed by atoms with E-state index in [0.29, 0.717) is 5.56 Å². The summed E-state index contributed by atoms with van der Waals surface area (Å²) < 4.78 is 14.0. The number of halogens is 2. The summed E-state index contributed by atoms with van der Waals surface area (Å²) in [5.74, 6) is -0.412. The van der Waals surface area contributed by atoms with E-state index in [1.54, 1.807) is 12.1 Å². The van der Waals surface area contributed by atoms with Crippen molar-refractivity contribution in [3.8, 4) is 0 Å². The van der Waals surface area contributed by atoms with Gasteiger partial charge in [0, 0.05) is 12.0 Å². The molecule has 21 heavy (non-hydrogen) atoms. The Hall–Kier alpha value is -0.640. The molecule has 2 nitrogen and oxygen atoms in total. The molecule has 1 aromatic rings. The third-order valence-corrected chi connectivity index (χ3v) is 4.97. The van der Waals surface area contributed by atoms with Crippen LogP contribution in [-0.4, -0.2) is 34.7 Å². The zero-order valence-electron chi connectivity index (χ0n) is 12.9. The van der Waals surface area contributed by atoms with Crippen LogP contribution in [-0.2, 0) is 6.42 Å². The molecule has 0 radical (unpaired) electrons. The molecular formula is C17H25ClFNO. The number of nitrogens with zero attached hydrogens (tertiary/aromatic N) is 1. The number of rotatable bonds is 4. The molecule has 118 valence electrons. The average Bonchev–Trinajstić information content (AvgIpc) is 2.73. The van der Waals surface area contributed by atoms with Gasteiger partial charge >= 0.3 is 0 Å². The van der Waals surface area contributed by atoms with Crippen molar-refractivity contribution < 1.29 is 9.50 Å². The molecule has 2 rings (SSSR count). The monoisotopic (exact) mass is 313 g/mol. The first kappa shape index (κ1) is 16.7. The van der Waals surface area contributed by atoms with Crippen molar-refractivity contribution in [2.24, 2.45) is 0 Å². The number of likely N-dealkylation sites (tertiary alicyclic amines) is 1. The Bertz CT molecular complexity index is 470. The van der Waals surface area contributed by atoms with E-state index in [9.17, 15) is 9.50 Å². The first-order chi connectivity index (χ1) is 9.93. The van der Waals surface area contributed by atoms with Crippen LogP contribution in [0.4, 0.5) is 4.39 Å². The lowest BCUT2D eigenvalue weighted by Crippen LogP contribution is -2.53. The Balaban J connectivity index is 2.10. The molecule has 0 aliphatic carbocycles. The van der Waals surface area contributed by atoms with E-state index in [4.69, 9.17) is 11.6 Å². The minimum absolute atomic E-state index is 0.118. The van der Waals surface area contributed by atoms with Gasteiger partial charge in [-0.25, -0.2) is 4.39 Å². The zero-order valence-corrected chi connectivity index (χ0v) is 13.7. The smallest absolute Gasteiger partial charge is 0.145 e. The van der Waals surface area contributed by atoms with Crippen LogP contribution in [0.3, 0.4) is 0 Å². The molecular weight excluding hydrogens is 289 g/mol. The lowest BCUT2D eigenvalue weighted by atomic mass is 9.89. The third kappa shape index (κ3) is 3.97. The Morgan fingerprint density at radius 3 is 2.48 bits per heavy atom. The van der Waals surface area contributed by atoms with Crippen molar-refractivity contribution in [2.45, 2.75) is 57.6 Å². The average molecular weight is 314 g/mol. The molecule has 1 heterocycles. The van der Waals surface area contributed by atoms with Crippen LogP contribution in [0, 0.1) is 5.82 Å². The van der Waals surface area contributed by atoms with Crippen LogP contribution in [0.25, 0.3) is 0 Å². The fourth-order valence-electron chi connectivity index (χ4n) is 3.02. The van der Waals surface area contributed by atoms with Gasteiger partial charge in [0.25, 0.3) is 0 Å². The standard InChI is InChI=1S/C17H25ClFNO/c1-17(2,20-10-5-3-4-6-11-20)15(21)12-13-8-7-9-14(18)16(13)19/h7-9,15,21H,3-6,10-12H2,1-2H3. The molecule has 1 fully saturated rings. The van der Waals surface area contributed by atoms with E-state index in [1.165, 1.54) is 31.7 Å². The van der Waals surface area contributed by atoms with Gasteiger partial charge in [-0.3, -0.25) is 4.90 Å². The summed E-state index contributed by atoms with van der Waals surface area (Å²) >= 11 is 5.81. The SMILES string of the molecule is CC(C)(C(O)Cc1cccc(Cl)c1F)N1CCCCCC1. The van der Waals surface area contributed by atoms with E-state index < -0.39 is 11.9 Å². The zero-order chi connectivity index (χ0) is 15.5. The molecule has 4 heteroatoms. The second-order valence-corrected chi connectivity index (χ2v) is 6.89. The predicted molar refractivity (Wildman–Crippen MR) is 85.2 cm³/mol. The van der Waals surface area contributed by atoms with Crippen LogP contribution in [0.15, 0.2) is 18.2 Å². The number of benzene rings is 1. The first-order valence-corrected chi connectivity index (χ1v) is 8.16. The summed E-state index contributed by atoms with van der Waals surface area (Å²) in [6.45, 7) is 6.10. The molecule has 0 spiro atoms. The van der Waals surface area contributed by atoms with Crippen molar-refractivity contribution >= 4 is 11.6 Å². The molecule has 0 saturated carbocycles. The predicted octanol–water partition coefficient (Wildman–Crippen LogP) is 4.04. The molecule has 0 amide bonds. The maximum absolute atomic E-state index is 14.0. The van der Waals surface area contributed by atoms with Crippen molar-refractivity contribution in [3.05, 3.63) is 34.6 Å². The van der Waals surface area contributed by atoms with Crippen molar-refractivity contribution in [1.29, 1.82) is 0 Å². The van der Waals surface area contributed by atoms with Gasteiger partial charge in [0.15, 0.2) is 0 Å². The van der Waals surface area contributed by atoms with Crippen LogP contribution in [0.2, 0.25) is 5.02 Å². The molecule has 1 atom stereocenters. The summed E-state index contributed by atoms with van der Waals surface area (Å²) in [6.07, 6.45) is 4.51. The molecule has 1 aromatic carbocycles. The molecule has 0 bridgehead atoms. The third-order valence-electron chi connectivity index (χ3n) is 4.68. The molecule has 0 aromatic heterocycles. The minimum Gasteiger partial charge on any atom is -0.391 e. The van der Waals surface area contributed by atoms with E-state index >= 15 is 0 Å². The lowest BCUT2D eigenvalue weighted by Gasteiger charge is -2.41. The van der Waals surface area contributed by atoms with Gasteiger partial charge in [-0.05, 0) is 51.4 Å². The summed E-state index contributed by atoms with van der Waals surface area (Å²) in [4.78, 5) is 2.34. The molecule has 1 unspecified atom stereocenters. The Labute approximate surface area is 131 Å². The van der Waals surface area contributed by atoms with Gasteiger partial charge in [-0.15, -0.1) is 0 Å². The summed E-state index contributed by atoms with van der Waals surface area (Å²) in [7, 11) is 0. The van der Waals surface area contributed by atoms with Gasteiger partial charge in [0.1, 0.15) is 5.82 Å². The Morgan fingerprint density at radius 2 is 1.86 bits per heavy atom. The normalized spacial score (nSPS) is 19.3. The maximum atomic E-state index is 14.0. The number of hydrogen-bond acceptors (Lipinski definition) is 2. The highest BCUT2D eigenvalue weighted by atomic mass is 35.5. The van der Waals surface area contributed by atoms with E-state index in [0.717, 1.165) is 13.1 Å². The molecule has 1 aliphatic heterocycles.